The van der Waals surface area contributed by atoms with Crippen molar-refractivity contribution in [3.05, 3.63) is 0 Å². The highest BCUT2D eigenvalue weighted by Gasteiger charge is 2.32. The van der Waals surface area contributed by atoms with Crippen molar-refractivity contribution in [3.63, 3.8) is 0 Å². The van der Waals surface area contributed by atoms with Crippen LogP contribution < -0.4 is 0 Å². The van der Waals surface area contributed by atoms with Crippen molar-refractivity contribution >= 4 is 17.7 Å². The number of ether oxygens (including phenoxy) is 1. The second kappa shape index (κ2) is 5.23. The zero-order valence-electron chi connectivity index (χ0n) is 10.1. The number of rotatable bonds is 1. The van der Waals surface area contributed by atoms with Gasteiger partial charge in [0.05, 0.1) is 12.1 Å². The van der Waals surface area contributed by atoms with Crippen molar-refractivity contribution in [2.24, 2.45) is 0 Å². The van der Waals surface area contributed by atoms with Crippen molar-refractivity contribution in [3.8, 4) is 0 Å². The number of carbonyl (C=O) groups excluding carboxylic acids is 1. The van der Waals surface area contributed by atoms with Crippen molar-refractivity contribution < 1.29 is 14.6 Å². The van der Waals surface area contributed by atoms with Crippen molar-refractivity contribution in [1.29, 1.82) is 0 Å². The molecule has 0 bridgehead atoms. The van der Waals surface area contributed by atoms with Crippen LogP contribution in [0, 0.1) is 0 Å². The Bertz CT molecular complexity index is 252. The standard InChI is InChI=1S/C11H20ClNO3/c1-11(2,3)16-10(15)13-5-4-9(14)6-8(13)7-12/h8-9,14H,4-7H2,1-3H3. The molecule has 1 saturated heterocycles. The molecule has 0 aromatic rings. The van der Waals surface area contributed by atoms with Gasteiger partial charge in [-0.25, -0.2) is 4.79 Å². The number of aliphatic hydroxyl groups excluding tert-OH is 1. The molecule has 2 unspecified atom stereocenters. The highest BCUT2D eigenvalue weighted by atomic mass is 35.5. The number of hydrogen-bond donors (Lipinski definition) is 1. The maximum absolute atomic E-state index is 11.9. The Morgan fingerprint density at radius 3 is 2.69 bits per heavy atom. The van der Waals surface area contributed by atoms with E-state index >= 15 is 0 Å². The van der Waals surface area contributed by atoms with Gasteiger partial charge in [0.2, 0.25) is 0 Å². The predicted molar refractivity (Wildman–Crippen MR) is 62.7 cm³/mol. The number of amides is 1. The van der Waals surface area contributed by atoms with Gasteiger partial charge >= 0.3 is 6.09 Å². The van der Waals surface area contributed by atoms with E-state index in [1.165, 1.54) is 0 Å². The lowest BCUT2D eigenvalue weighted by Gasteiger charge is -2.37. The molecule has 94 valence electrons. The van der Waals surface area contributed by atoms with Crippen molar-refractivity contribution in [1.82, 2.24) is 4.90 Å². The van der Waals surface area contributed by atoms with Gasteiger partial charge in [-0.1, -0.05) is 0 Å². The highest BCUT2D eigenvalue weighted by Crippen LogP contribution is 2.21. The van der Waals surface area contributed by atoms with Crippen LogP contribution in [0.3, 0.4) is 0 Å². The minimum Gasteiger partial charge on any atom is -0.444 e. The third kappa shape index (κ3) is 3.83. The molecule has 1 aliphatic rings. The minimum atomic E-state index is -0.496. The zero-order valence-corrected chi connectivity index (χ0v) is 10.8. The number of alkyl halides is 1. The molecule has 16 heavy (non-hydrogen) atoms. The number of nitrogens with zero attached hydrogens (tertiary/aromatic N) is 1. The van der Waals surface area contributed by atoms with Crippen LogP contribution in [0.5, 0.6) is 0 Å². The fourth-order valence-corrected chi connectivity index (χ4v) is 2.03. The molecule has 0 aromatic heterocycles. The molecule has 4 nitrogen and oxygen atoms in total. The maximum Gasteiger partial charge on any atom is 0.410 e. The number of aliphatic hydroxyl groups is 1. The lowest BCUT2D eigenvalue weighted by atomic mass is 10.0. The SMILES string of the molecule is CC(C)(C)OC(=O)N1CCC(O)CC1CCl. The third-order valence-electron chi connectivity index (χ3n) is 2.49. The summed E-state index contributed by atoms with van der Waals surface area (Å²) in [7, 11) is 0. The first-order valence-electron chi connectivity index (χ1n) is 5.57. The molecule has 1 rings (SSSR count). The summed E-state index contributed by atoms with van der Waals surface area (Å²) in [5, 5.41) is 9.51. The Morgan fingerprint density at radius 2 is 2.19 bits per heavy atom. The Kier molecular flexibility index (Phi) is 4.44. The topological polar surface area (TPSA) is 49.8 Å². The van der Waals surface area contributed by atoms with Crippen molar-refractivity contribution in [2.45, 2.75) is 51.4 Å². The normalized spacial score (nSPS) is 26.7. The third-order valence-corrected chi connectivity index (χ3v) is 2.85. The minimum absolute atomic E-state index is 0.125. The van der Waals surface area contributed by atoms with Gasteiger partial charge in [0.25, 0.3) is 0 Å². The quantitative estimate of drug-likeness (QED) is 0.723. The first kappa shape index (κ1) is 13.6. The summed E-state index contributed by atoms with van der Waals surface area (Å²) in [5.41, 5.74) is -0.496. The molecule has 0 radical (unpaired) electrons. The molecule has 0 saturated carbocycles. The smallest absolute Gasteiger partial charge is 0.410 e. The Labute approximate surface area is 102 Å². The zero-order chi connectivity index (χ0) is 12.3. The molecular formula is C11H20ClNO3. The van der Waals surface area contributed by atoms with Crippen molar-refractivity contribution in [2.75, 3.05) is 12.4 Å². The number of carbonyl (C=O) groups is 1. The molecule has 5 heteroatoms. The predicted octanol–water partition coefficient (Wildman–Crippen LogP) is 1.99. The van der Waals surface area contributed by atoms with Gasteiger partial charge in [0, 0.05) is 12.4 Å². The van der Waals surface area contributed by atoms with E-state index in [0.29, 0.717) is 25.3 Å². The molecular weight excluding hydrogens is 230 g/mol. The van der Waals surface area contributed by atoms with E-state index in [1.807, 2.05) is 20.8 Å². The number of hydrogen-bond acceptors (Lipinski definition) is 3. The summed E-state index contributed by atoms with van der Waals surface area (Å²) in [4.78, 5) is 13.5. The maximum atomic E-state index is 11.9. The van der Waals surface area contributed by atoms with Crippen LogP contribution in [0.25, 0.3) is 0 Å². The van der Waals surface area contributed by atoms with E-state index in [2.05, 4.69) is 0 Å². The lowest BCUT2D eigenvalue weighted by molar-refractivity contribution is -0.00403. The van der Waals surface area contributed by atoms with Gasteiger partial charge in [-0.05, 0) is 33.6 Å². The van der Waals surface area contributed by atoms with Crippen LogP contribution in [0.15, 0.2) is 0 Å². The molecule has 0 aromatic carbocycles. The van der Waals surface area contributed by atoms with E-state index in [1.54, 1.807) is 4.90 Å². The Hall–Kier alpha value is -0.480. The van der Waals surface area contributed by atoms with Gasteiger partial charge < -0.3 is 14.7 Å². The molecule has 2 atom stereocenters. The number of likely N-dealkylation sites (tertiary alicyclic amines) is 1. The van der Waals surface area contributed by atoms with Crippen LogP contribution in [-0.4, -0.2) is 46.3 Å². The van der Waals surface area contributed by atoms with E-state index in [9.17, 15) is 9.90 Å². The Morgan fingerprint density at radius 1 is 1.56 bits per heavy atom. The van der Waals surface area contributed by atoms with E-state index in [4.69, 9.17) is 16.3 Å². The second-order valence-electron chi connectivity index (χ2n) is 5.16. The first-order valence-corrected chi connectivity index (χ1v) is 6.10. The van der Waals surface area contributed by atoms with Crippen LogP contribution in [0.2, 0.25) is 0 Å². The van der Waals surface area contributed by atoms with E-state index < -0.39 is 5.60 Å². The van der Waals surface area contributed by atoms with Gasteiger partial charge in [0.1, 0.15) is 5.60 Å². The summed E-state index contributed by atoms with van der Waals surface area (Å²) in [6, 6.07) is -0.125. The molecule has 1 amide bonds. The fraction of sp³-hybridized carbons (Fsp3) is 0.909. The second-order valence-corrected chi connectivity index (χ2v) is 5.47. The van der Waals surface area contributed by atoms with Crippen LogP contribution in [0.4, 0.5) is 4.79 Å². The molecule has 1 aliphatic heterocycles. The molecule has 1 N–H and O–H groups in total. The Balaban J connectivity index is 2.60. The summed E-state index contributed by atoms with van der Waals surface area (Å²) in [6.07, 6.45) is 0.419. The van der Waals surface area contributed by atoms with Crippen LogP contribution in [-0.2, 0) is 4.74 Å². The van der Waals surface area contributed by atoms with Gasteiger partial charge in [-0.15, -0.1) is 11.6 Å². The van der Waals surface area contributed by atoms with E-state index in [-0.39, 0.29) is 18.2 Å². The highest BCUT2D eigenvalue weighted by molar-refractivity contribution is 6.18. The summed E-state index contributed by atoms with van der Waals surface area (Å²) in [5.74, 6) is 0.330. The summed E-state index contributed by atoms with van der Waals surface area (Å²) < 4.78 is 5.29. The number of halogens is 1. The summed E-state index contributed by atoms with van der Waals surface area (Å²) in [6.45, 7) is 6.01. The molecule has 0 aliphatic carbocycles. The lowest BCUT2D eigenvalue weighted by Crippen LogP contribution is -2.50. The molecule has 1 heterocycles. The molecule has 0 spiro atoms. The average Bonchev–Trinajstić information content (AvgIpc) is 2.14. The van der Waals surface area contributed by atoms with Crippen LogP contribution in [0.1, 0.15) is 33.6 Å². The van der Waals surface area contributed by atoms with Gasteiger partial charge in [-0.2, -0.15) is 0 Å². The monoisotopic (exact) mass is 249 g/mol. The van der Waals surface area contributed by atoms with Crippen LogP contribution >= 0.6 is 11.6 Å². The molecule has 1 fully saturated rings. The fourth-order valence-electron chi connectivity index (χ4n) is 1.74. The summed E-state index contributed by atoms with van der Waals surface area (Å²) >= 11 is 5.80. The first-order chi connectivity index (χ1) is 7.33. The van der Waals surface area contributed by atoms with Gasteiger partial charge in [-0.3, -0.25) is 0 Å². The van der Waals surface area contributed by atoms with Gasteiger partial charge in [0.15, 0.2) is 0 Å². The largest absolute Gasteiger partial charge is 0.444 e. The average molecular weight is 250 g/mol. The number of piperidine rings is 1. The van der Waals surface area contributed by atoms with E-state index in [0.717, 1.165) is 0 Å².